The molecular weight excluding hydrogens is 355 g/mol. The average molecular weight is 369 g/mol. The third-order valence-corrected chi connectivity index (χ3v) is 4.12. The molecule has 10 heteroatoms. The van der Waals surface area contributed by atoms with E-state index < -0.39 is 24.0 Å². The Hall–Kier alpha value is -2.91. The van der Waals surface area contributed by atoms with Crippen molar-refractivity contribution in [2.24, 2.45) is 5.92 Å². The summed E-state index contributed by atoms with van der Waals surface area (Å²) >= 11 is 0. The summed E-state index contributed by atoms with van der Waals surface area (Å²) < 4.78 is 41.7. The average Bonchev–Trinajstić information content (AvgIpc) is 3.12. The predicted molar refractivity (Wildman–Crippen MR) is 81.0 cm³/mol. The summed E-state index contributed by atoms with van der Waals surface area (Å²) in [5, 5.41) is 12.4. The molecular formula is C16H14F3N3O4. The minimum atomic E-state index is -4.73. The second-order valence-electron chi connectivity index (χ2n) is 5.93. The van der Waals surface area contributed by atoms with Gasteiger partial charge in [-0.2, -0.15) is 18.2 Å². The summed E-state index contributed by atoms with van der Waals surface area (Å²) in [7, 11) is 0. The van der Waals surface area contributed by atoms with Gasteiger partial charge in [0.2, 0.25) is 5.82 Å². The van der Waals surface area contributed by atoms with E-state index >= 15 is 0 Å². The first-order valence-electron chi connectivity index (χ1n) is 7.79. The largest absolute Gasteiger partial charge is 0.481 e. The molecule has 1 aromatic heterocycles. The van der Waals surface area contributed by atoms with E-state index in [1.807, 2.05) is 0 Å². The number of rotatable bonds is 3. The first kappa shape index (κ1) is 17.9. The van der Waals surface area contributed by atoms with Crippen molar-refractivity contribution in [2.45, 2.75) is 19.0 Å². The molecule has 138 valence electrons. The number of piperidine rings is 1. The number of amides is 1. The standard InChI is InChI=1S/C16H14F3N3O4/c17-16(18,19)15-20-12(21-26-15)9-3-5-10(6-4-9)13(23)22-7-1-2-11(8-22)14(24)25/h3-6,11H,1-2,7-8H2,(H,24,25). The van der Waals surface area contributed by atoms with Gasteiger partial charge >= 0.3 is 18.0 Å². The maximum absolute atomic E-state index is 12.5. The summed E-state index contributed by atoms with van der Waals surface area (Å²) in [6.07, 6.45) is -3.60. The van der Waals surface area contributed by atoms with Crippen LogP contribution in [0.15, 0.2) is 28.8 Å². The number of nitrogens with zero attached hydrogens (tertiary/aromatic N) is 3. The van der Waals surface area contributed by atoms with Gasteiger partial charge < -0.3 is 14.5 Å². The minimum absolute atomic E-state index is 0.135. The van der Waals surface area contributed by atoms with Crippen molar-refractivity contribution in [3.05, 3.63) is 35.7 Å². The zero-order chi connectivity index (χ0) is 18.9. The first-order valence-corrected chi connectivity index (χ1v) is 7.79. The van der Waals surface area contributed by atoms with Gasteiger partial charge in [0, 0.05) is 24.2 Å². The fourth-order valence-corrected chi connectivity index (χ4v) is 2.76. The summed E-state index contributed by atoms with van der Waals surface area (Å²) in [6, 6.07) is 5.70. The highest BCUT2D eigenvalue weighted by atomic mass is 19.4. The van der Waals surface area contributed by atoms with E-state index in [1.165, 1.54) is 29.2 Å². The lowest BCUT2D eigenvalue weighted by molar-refractivity contribution is -0.159. The lowest BCUT2D eigenvalue weighted by Crippen LogP contribution is -2.42. The zero-order valence-corrected chi connectivity index (χ0v) is 13.4. The summed E-state index contributed by atoms with van der Waals surface area (Å²) in [5.41, 5.74) is 0.571. The fraction of sp³-hybridized carbons (Fsp3) is 0.375. The van der Waals surface area contributed by atoms with E-state index in [0.29, 0.717) is 24.9 Å². The number of carboxylic acid groups (broad SMARTS) is 1. The monoisotopic (exact) mass is 369 g/mol. The molecule has 1 aromatic carbocycles. The Morgan fingerprint density at radius 2 is 1.92 bits per heavy atom. The molecule has 3 rings (SSSR count). The Morgan fingerprint density at radius 3 is 2.50 bits per heavy atom. The van der Waals surface area contributed by atoms with Crippen molar-refractivity contribution < 1.29 is 32.4 Å². The minimum Gasteiger partial charge on any atom is -0.481 e. The third kappa shape index (κ3) is 3.68. The number of alkyl halides is 3. The van der Waals surface area contributed by atoms with Gasteiger partial charge in [-0.25, -0.2) is 0 Å². The smallest absolute Gasteiger partial charge is 0.471 e. The van der Waals surface area contributed by atoms with Gasteiger partial charge in [-0.1, -0.05) is 17.3 Å². The van der Waals surface area contributed by atoms with Crippen LogP contribution in [0.4, 0.5) is 13.2 Å². The number of hydrogen-bond acceptors (Lipinski definition) is 5. The Labute approximate surface area is 145 Å². The molecule has 7 nitrogen and oxygen atoms in total. The fourth-order valence-electron chi connectivity index (χ4n) is 2.76. The van der Waals surface area contributed by atoms with Gasteiger partial charge in [-0.05, 0) is 25.0 Å². The van der Waals surface area contributed by atoms with Gasteiger partial charge in [0.05, 0.1) is 5.92 Å². The number of benzene rings is 1. The van der Waals surface area contributed by atoms with Gasteiger partial charge in [0.1, 0.15) is 0 Å². The summed E-state index contributed by atoms with van der Waals surface area (Å²) in [4.78, 5) is 28.3. The van der Waals surface area contributed by atoms with Crippen molar-refractivity contribution in [1.82, 2.24) is 15.0 Å². The molecule has 1 aliphatic rings. The van der Waals surface area contributed by atoms with E-state index in [0.717, 1.165) is 0 Å². The van der Waals surface area contributed by atoms with Gasteiger partial charge in [0.15, 0.2) is 0 Å². The van der Waals surface area contributed by atoms with Crippen LogP contribution in [0.1, 0.15) is 29.1 Å². The molecule has 1 atom stereocenters. The molecule has 1 aliphatic heterocycles. The SMILES string of the molecule is O=C(O)C1CCCN(C(=O)c2ccc(-c3noc(C(F)(F)F)n3)cc2)C1. The van der Waals surface area contributed by atoms with Crippen LogP contribution in [0.2, 0.25) is 0 Å². The van der Waals surface area contributed by atoms with Crippen LogP contribution in [-0.2, 0) is 11.0 Å². The van der Waals surface area contributed by atoms with Crippen molar-refractivity contribution >= 4 is 11.9 Å². The number of aliphatic carboxylic acids is 1. The molecule has 1 saturated heterocycles. The van der Waals surface area contributed by atoms with Crippen LogP contribution in [-0.4, -0.2) is 45.1 Å². The predicted octanol–water partition coefficient (Wildman–Crippen LogP) is 2.69. The van der Waals surface area contributed by atoms with Crippen LogP contribution in [0.25, 0.3) is 11.4 Å². The second-order valence-corrected chi connectivity index (χ2v) is 5.93. The molecule has 1 amide bonds. The molecule has 0 aliphatic carbocycles. The summed E-state index contributed by atoms with van der Waals surface area (Å²) in [5.74, 6) is -3.53. The van der Waals surface area contributed by atoms with Gasteiger partial charge in [-0.3, -0.25) is 9.59 Å². The van der Waals surface area contributed by atoms with Crippen LogP contribution >= 0.6 is 0 Å². The van der Waals surface area contributed by atoms with Crippen molar-refractivity contribution in [3.8, 4) is 11.4 Å². The van der Waals surface area contributed by atoms with Crippen molar-refractivity contribution in [2.75, 3.05) is 13.1 Å². The maximum atomic E-state index is 12.5. The molecule has 0 radical (unpaired) electrons. The molecule has 26 heavy (non-hydrogen) atoms. The van der Waals surface area contributed by atoms with E-state index in [4.69, 9.17) is 5.11 Å². The maximum Gasteiger partial charge on any atom is 0.471 e. The Morgan fingerprint density at radius 1 is 1.23 bits per heavy atom. The number of carbonyl (C=O) groups is 2. The normalized spacial score (nSPS) is 18.0. The highest BCUT2D eigenvalue weighted by molar-refractivity contribution is 5.95. The molecule has 1 unspecified atom stereocenters. The molecule has 1 fully saturated rings. The van der Waals surface area contributed by atoms with E-state index in [2.05, 4.69) is 14.7 Å². The van der Waals surface area contributed by atoms with Crippen LogP contribution in [0, 0.1) is 5.92 Å². The van der Waals surface area contributed by atoms with Crippen LogP contribution < -0.4 is 0 Å². The quantitative estimate of drug-likeness (QED) is 0.894. The Kier molecular flexibility index (Phi) is 4.66. The molecule has 0 saturated carbocycles. The van der Waals surface area contributed by atoms with Crippen molar-refractivity contribution in [1.29, 1.82) is 0 Å². The number of carbonyl (C=O) groups excluding carboxylic acids is 1. The molecule has 2 aromatic rings. The van der Waals surface area contributed by atoms with Crippen LogP contribution in [0.3, 0.4) is 0 Å². The van der Waals surface area contributed by atoms with E-state index in [-0.39, 0.29) is 23.8 Å². The third-order valence-electron chi connectivity index (χ3n) is 4.12. The second kappa shape index (κ2) is 6.77. The number of hydrogen-bond donors (Lipinski definition) is 1. The lowest BCUT2D eigenvalue weighted by atomic mass is 9.97. The van der Waals surface area contributed by atoms with Crippen molar-refractivity contribution in [3.63, 3.8) is 0 Å². The highest BCUT2D eigenvalue weighted by Crippen LogP contribution is 2.29. The number of likely N-dealkylation sites (tertiary alicyclic amines) is 1. The lowest BCUT2D eigenvalue weighted by Gasteiger charge is -2.30. The number of halogens is 3. The van der Waals surface area contributed by atoms with Crippen LogP contribution in [0.5, 0.6) is 0 Å². The molecule has 0 bridgehead atoms. The first-order chi connectivity index (χ1) is 12.3. The highest BCUT2D eigenvalue weighted by Gasteiger charge is 2.38. The Balaban J connectivity index is 1.74. The van der Waals surface area contributed by atoms with E-state index in [9.17, 15) is 22.8 Å². The molecule has 1 N–H and O–H groups in total. The summed E-state index contributed by atoms with van der Waals surface area (Å²) in [6.45, 7) is 0.597. The Bertz CT molecular complexity index is 817. The van der Waals surface area contributed by atoms with Gasteiger partial charge in [-0.15, -0.1) is 0 Å². The van der Waals surface area contributed by atoms with Gasteiger partial charge in [0.25, 0.3) is 5.91 Å². The molecule has 0 spiro atoms. The van der Waals surface area contributed by atoms with E-state index in [1.54, 1.807) is 0 Å². The number of carboxylic acids is 1. The molecule has 2 heterocycles. The topological polar surface area (TPSA) is 96.5 Å². The number of aromatic nitrogens is 2. The zero-order valence-electron chi connectivity index (χ0n) is 13.4.